The summed E-state index contributed by atoms with van der Waals surface area (Å²) in [5.74, 6) is -0.527. The molecule has 5 heteroatoms. The van der Waals surface area contributed by atoms with Crippen LogP contribution in [0.15, 0.2) is 30.9 Å². The molecule has 0 unspecified atom stereocenters. The van der Waals surface area contributed by atoms with Crippen LogP contribution in [0, 0.1) is 15.9 Å². The number of hydrogen-bond acceptors (Lipinski definition) is 3. The summed E-state index contributed by atoms with van der Waals surface area (Å²) >= 11 is 0. The van der Waals surface area contributed by atoms with Gasteiger partial charge in [-0.3, -0.25) is 10.1 Å². The van der Waals surface area contributed by atoms with Crippen LogP contribution in [0.4, 0.5) is 10.1 Å². The topological polar surface area (TPSA) is 52.4 Å². The van der Waals surface area contributed by atoms with E-state index < -0.39 is 10.7 Å². The minimum absolute atomic E-state index is 0.156. The van der Waals surface area contributed by atoms with E-state index in [1.54, 1.807) is 6.08 Å². The van der Waals surface area contributed by atoms with Crippen LogP contribution in [0.1, 0.15) is 6.42 Å². The quantitative estimate of drug-likeness (QED) is 0.325. The van der Waals surface area contributed by atoms with Gasteiger partial charge in [0.05, 0.1) is 23.7 Å². The zero-order valence-electron chi connectivity index (χ0n) is 7.98. The highest BCUT2D eigenvalue weighted by Gasteiger charge is 2.10. The molecule has 0 N–H and O–H groups in total. The van der Waals surface area contributed by atoms with Crippen molar-refractivity contribution in [3.63, 3.8) is 0 Å². The summed E-state index contributed by atoms with van der Waals surface area (Å²) in [6.45, 7) is 3.82. The summed E-state index contributed by atoms with van der Waals surface area (Å²) in [6.07, 6.45) is 2.25. The van der Waals surface area contributed by atoms with Gasteiger partial charge in [-0.1, -0.05) is 6.08 Å². The monoisotopic (exact) mass is 211 g/mol. The Hall–Kier alpha value is -1.91. The van der Waals surface area contributed by atoms with Gasteiger partial charge < -0.3 is 4.74 Å². The third kappa shape index (κ3) is 3.38. The molecular formula is C10H10FNO3. The smallest absolute Gasteiger partial charge is 0.276 e. The predicted molar refractivity (Wildman–Crippen MR) is 53.4 cm³/mol. The first-order chi connectivity index (χ1) is 7.13. The van der Waals surface area contributed by atoms with E-state index in [9.17, 15) is 14.5 Å². The van der Waals surface area contributed by atoms with Gasteiger partial charge in [0.25, 0.3) is 5.69 Å². The maximum absolute atomic E-state index is 12.9. The molecule has 15 heavy (non-hydrogen) atoms. The first-order valence-corrected chi connectivity index (χ1v) is 4.32. The van der Waals surface area contributed by atoms with Crippen molar-refractivity contribution in [1.29, 1.82) is 0 Å². The van der Waals surface area contributed by atoms with Gasteiger partial charge in [0.15, 0.2) is 0 Å². The van der Waals surface area contributed by atoms with Crippen LogP contribution in [-0.4, -0.2) is 11.5 Å². The van der Waals surface area contributed by atoms with E-state index >= 15 is 0 Å². The summed E-state index contributed by atoms with van der Waals surface area (Å²) in [6, 6.07) is 3.14. The fraction of sp³-hybridized carbons (Fsp3) is 0.200. The van der Waals surface area contributed by atoms with E-state index in [0.717, 1.165) is 12.1 Å². The summed E-state index contributed by atoms with van der Waals surface area (Å²) in [7, 11) is 0. The Kier molecular flexibility index (Phi) is 3.79. The van der Waals surface area contributed by atoms with Crippen LogP contribution < -0.4 is 4.74 Å². The van der Waals surface area contributed by atoms with Crippen LogP contribution in [-0.2, 0) is 0 Å². The molecule has 0 bridgehead atoms. The third-order valence-corrected chi connectivity index (χ3v) is 1.66. The number of non-ortho nitro benzene ring substituents is 1. The standard InChI is InChI=1S/C10H10FNO3/c1-2-3-4-15-10-6-8(11)5-9(7-10)12(13)14/h2,5-7H,1,3-4H2. The minimum atomic E-state index is -0.683. The first kappa shape index (κ1) is 11.2. The highest BCUT2D eigenvalue weighted by atomic mass is 19.1. The molecule has 0 aliphatic heterocycles. The highest BCUT2D eigenvalue weighted by Crippen LogP contribution is 2.21. The maximum atomic E-state index is 12.9. The van der Waals surface area contributed by atoms with Crippen molar-refractivity contribution in [3.05, 3.63) is 46.8 Å². The van der Waals surface area contributed by atoms with Gasteiger partial charge in [-0.2, -0.15) is 0 Å². The van der Waals surface area contributed by atoms with Crippen LogP contribution in [0.3, 0.4) is 0 Å². The number of benzene rings is 1. The lowest BCUT2D eigenvalue weighted by atomic mass is 10.3. The second-order valence-corrected chi connectivity index (χ2v) is 2.83. The van der Waals surface area contributed by atoms with Gasteiger partial charge in [-0.05, 0) is 6.42 Å². The minimum Gasteiger partial charge on any atom is -0.493 e. The SMILES string of the molecule is C=CCCOc1cc(F)cc([N+](=O)[O-])c1. The number of halogens is 1. The predicted octanol–water partition coefficient (Wildman–Crippen LogP) is 2.69. The molecule has 0 amide bonds. The molecule has 1 aromatic rings. The number of hydrogen-bond donors (Lipinski definition) is 0. The summed E-state index contributed by atoms with van der Waals surface area (Å²) in [5.41, 5.74) is -0.316. The average molecular weight is 211 g/mol. The Labute approximate surface area is 86.1 Å². The van der Waals surface area contributed by atoms with Gasteiger partial charge in [0.2, 0.25) is 0 Å². The molecule has 0 saturated heterocycles. The van der Waals surface area contributed by atoms with Crippen molar-refractivity contribution in [2.24, 2.45) is 0 Å². The molecule has 0 aliphatic rings. The maximum Gasteiger partial charge on any atom is 0.276 e. The summed E-state index contributed by atoms with van der Waals surface area (Å²) in [5, 5.41) is 10.4. The Bertz CT molecular complexity index is 379. The van der Waals surface area contributed by atoms with Crippen LogP contribution >= 0.6 is 0 Å². The van der Waals surface area contributed by atoms with Gasteiger partial charge in [-0.25, -0.2) is 4.39 Å². The molecule has 1 rings (SSSR count). The molecule has 0 saturated carbocycles. The van der Waals surface area contributed by atoms with Crippen molar-refractivity contribution in [2.75, 3.05) is 6.61 Å². The van der Waals surface area contributed by atoms with Crippen molar-refractivity contribution in [2.45, 2.75) is 6.42 Å². The zero-order valence-corrected chi connectivity index (χ0v) is 7.98. The Balaban J connectivity index is 2.79. The average Bonchev–Trinajstić information content (AvgIpc) is 2.17. The van der Waals surface area contributed by atoms with E-state index in [4.69, 9.17) is 4.74 Å². The van der Waals surface area contributed by atoms with Crippen molar-refractivity contribution < 1.29 is 14.1 Å². The molecule has 0 aliphatic carbocycles. The first-order valence-electron chi connectivity index (χ1n) is 4.32. The number of nitro benzene ring substituents is 1. The lowest BCUT2D eigenvalue weighted by Crippen LogP contribution is -1.97. The molecule has 0 heterocycles. The number of rotatable bonds is 5. The number of ether oxygens (including phenoxy) is 1. The normalized spacial score (nSPS) is 9.67. The molecular weight excluding hydrogens is 201 g/mol. The Morgan fingerprint density at radius 1 is 1.53 bits per heavy atom. The van der Waals surface area contributed by atoms with E-state index in [1.165, 1.54) is 6.07 Å². The molecule has 0 radical (unpaired) electrons. The second-order valence-electron chi connectivity index (χ2n) is 2.83. The number of nitro groups is 1. The lowest BCUT2D eigenvalue weighted by Gasteiger charge is -2.04. The van der Waals surface area contributed by atoms with Crippen LogP contribution in [0.25, 0.3) is 0 Å². The molecule has 0 aromatic heterocycles. The fourth-order valence-electron chi connectivity index (χ4n) is 0.997. The van der Waals surface area contributed by atoms with Crippen LogP contribution in [0.5, 0.6) is 5.75 Å². The molecule has 4 nitrogen and oxygen atoms in total. The molecule has 0 atom stereocenters. The van der Waals surface area contributed by atoms with E-state index in [1.807, 2.05) is 0 Å². The molecule has 0 fully saturated rings. The molecule has 80 valence electrons. The van der Waals surface area contributed by atoms with Gasteiger partial charge in [-0.15, -0.1) is 6.58 Å². The van der Waals surface area contributed by atoms with E-state index in [2.05, 4.69) is 6.58 Å². The molecule has 0 spiro atoms. The zero-order chi connectivity index (χ0) is 11.3. The summed E-state index contributed by atoms with van der Waals surface area (Å²) in [4.78, 5) is 9.74. The largest absolute Gasteiger partial charge is 0.493 e. The van der Waals surface area contributed by atoms with E-state index in [-0.39, 0.29) is 11.4 Å². The third-order valence-electron chi connectivity index (χ3n) is 1.66. The fourth-order valence-corrected chi connectivity index (χ4v) is 0.997. The van der Waals surface area contributed by atoms with Crippen molar-refractivity contribution in [3.8, 4) is 5.75 Å². The Morgan fingerprint density at radius 3 is 2.87 bits per heavy atom. The van der Waals surface area contributed by atoms with Gasteiger partial charge in [0, 0.05) is 6.07 Å². The highest BCUT2D eigenvalue weighted by molar-refractivity contribution is 5.38. The molecule has 1 aromatic carbocycles. The van der Waals surface area contributed by atoms with Gasteiger partial charge >= 0.3 is 0 Å². The Morgan fingerprint density at radius 2 is 2.27 bits per heavy atom. The van der Waals surface area contributed by atoms with Crippen molar-refractivity contribution >= 4 is 5.69 Å². The number of nitrogens with zero attached hydrogens (tertiary/aromatic N) is 1. The van der Waals surface area contributed by atoms with Crippen molar-refractivity contribution in [1.82, 2.24) is 0 Å². The lowest BCUT2D eigenvalue weighted by molar-refractivity contribution is -0.385. The van der Waals surface area contributed by atoms with Crippen LogP contribution in [0.2, 0.25) is 0 Å². The van der Waals surface area contributed by atoms with Gasteiger partial charge in [0.1, 0.15) is 11.6 Å². The summed E-state index contributed by atoms with van der Waals surface area (Å²) < 4.78 is 18.0. The van der Waals surface area contributed by atoms with E-state index in [0.29, 0.717) is 13.0 Å². The second kappa shape index (κ2) is 5.09.